The highest BCUT2D eigenvalue weighted by atomic mass is 79.9. The van der Waals surface area contributed by atoms with Crippen LogP contribution >= 0.6 is 27.5 Å². The maximum Gasteiger partial charge on any atom is 0.147 e. The van der Waals surface area contributed by atoms with Crippen LogP contribution in [0.25, 0.3) is 0 Å². The van der Waals surface area contributed by atoms with E-state index in [1.807, 2.05) is 13.1 Å². The normalized spacial score (nSPS) is 20.3. The molecule has 1 aromatic rings. The second-order valence-electron chi connectivity index (χ2n) is 4.42. The minimum atomic E-state index is 0.579. The van der Waals surface area contributed by atoms with Crippen molar-refractivity contribution in [2.75, 3.05) is 31.7 Å². The van der Waals surface area contributed by atoms with E-state index in [1.165, 1.54) is 6.42 Å². The zero-order chi connectivity index (χ0) is 12.3. The van der Waals surface area contributed by atoms with Gasteiger partial charge in [-0.25, -0.2) is 4.98 Å². The number of nitrogens with zero attached hydrogens (tertiary/aromatic N) is 2. The summed E-state index contributed by atoms with van der Waals surface area (Å²) >= 11 is 9.54. The molecule has 1 fully saturated rings. The lowest BCUT2D eigenvalue weighted by molar-refractivity contribution is 0.0576. The molecule has 1 atom stereocenters. The molecule has 0 amide bonds. The monoisotopic (exact) mass is 318 g/mol. The molecule has 1 unspecified atom stereocenters. The van der Waals surface area contributed by atoms with Crippen LogP contribution in [0, 0.1) is 5.92 Å². The molecule has 1 aliphatic heterocycles. The van der Waals surface area contributed by atoms with Crippen LogP contribution < -0.4 is 4.90 Å². The van der Waals surface area contributed by atoms with E-state index in [0.29, 0.717) is 10.9 Å². The zero-order valence-electron chi connectivity index (χ0n) is 9.83. The van der Waals surface area contributed by atoms with E-state index in [9.17, 15) is 0 Å². The van der Waals surface area contributed by atoms with Gasteiger partial charge in [-0.05, 0) is 40.8 Å². The molecule has 0 spiro atoms. The van der Waals surface area contributed by atoms with E-state index < -0.39 is 0 Å². The van der Waals surface area contributed by atoms with Crippen LogP contribution in [0.2, 0.25) is 5.02 Å². The number of aromatic nitrogens is 1. The molecule has 17 heavy (non-hydrogen) atoms. The molecule has 0 aliphatic carbocycles. The summed E-state index contributed by atoms with van der Waals surface area (Å²) in [4.78, 5) is 6.45. The minimum Gasteiger partial charge on any atom is -0.381 e. The van der Waals surface area contributed by atoms with Gasteiger partial charge in [0.15, 0.2) is 0 Å². The van der Waals surface area contributed by atoms with Gasteiger partial charge in [0.25, 0.3) is 0 Å². The molecule has 5 heteroatoms. The highest BCUT2D eigenvalue weighted by Crippen LogP contribution is 2.26. The van der Waals surface area contributed by atoms with Gasteiger partial charge in [-0.1, -0.05) is 11.6 Å². The molecule has 0 bridgehead atoms. The maximum absolute atomic E-state index is 6.18. The van der Waals surface area contributed by atoms with Crippen molar-refractivity contribution in [1.82, 2.24) is 4.98 Å². The Hall–Kier alpha value is -0.320. The molecule has 1 saturated heterocycles. The lowest BCUT2D eigenvalue weighted by Gasteiger charge is -2.28. The average molecular weight is 320 g/mol. The van der Waals surface area contributed by atoms with Gasteiger partial charge in [-0.15, -0.1) is 0 Å². The molecule has 1 aromatic heterocycles. The highest BCUT2D eigenvalue weighted by Gasteiger charge is 2.17. The summed E-state index contributed by atoms with van der Waals surface area (Å²) in [6, 6.07) is 1.87. The lowest BCUT2D eigenvalue weighted by atomic mass is 10.0. The van der Waals surface area contributed by atoms with E-state index >= 15 is 0 Å². The first-order valence-electron chi connectivity index (χ1n) is 5.76. The first kappa shape index (κ1) is 13.1. The van der Waals surface area contributed by atoms with Crippen molar-refractivity contribution in [3.8, 4) is 0 Å². The molecule has 94 valence electrons. The predicted molar refractivity (Wildman–Crippen MR) is 73.8 cm³/mol. The van der Waals surface area contributed by atoms with E-state index in [0.717, 1.165) is 36.5 Å². The molecule has 0 aromatic carbocycles. The van der Waals surface area contributed by atoms with Crippen molar-refractivity contribution in [1.29, 1.82) is 0 Å². The molecule has 0 saturated carbocycles. The van der Waals surface area contributed by atoms with Gasteiger partial charge in [0.2, 0.25) is 0 Å². The fourth-order valence-corrected chi connectivity index (χ4v) is 2.89. The van der Waals surface area contributed by atoms with Gasteiger partial charge in [0.1, 0.15) is 5.82 Å². The number of hydrogen-bond donors (Lipinski definition) is 0. The molecule has 2 heterocycles. The summed E-state index contributed by atoms with van der Waals surface area (Å²) in [6.07, 6.45) is 4.15. The third-order valence-electron chi connectivity index (χ3n) is 2.94. The first-order valence-corrected chi connectivity index (χ1v) is 6.94. The molecular formula is C12H16BrClN2O. The van der Waals surface area contributed by atoms with E-state index in [1.54, 1.807) is 6.20 Å². The Morgan fingerprint density at radius 2 is 2.47 bits per heavy atom. The second-order valence-corrected chi connectivity index (χ2v) is 5.75. The van der Waals surface area contributed by atoms with Gasteiger partial charge < -0.3 is 9.64 Å². The average Bonchev–Trinajstić information content (AvgIpc) is 2.30. The SMILES string of the molecule is CN(CC1CCCOC1)c1ncc(Br)cc1Cl. The Balaban J connectivity index is 2.00. The summed E-state index contributed by atoms with van der Waals surface area (Å²) in [7, 11) is 2.02. The molecule has 0 radical (unpaired) electrons. The summed E-state index contributed by atoms with van der Waals surface area (Å²) in [5, 5.41) is 0.679. The van der Waals surface area contributed by atoms with Crippen molar-refractivity contribution in [3.05, 3.63) is 21.8 Å². The number of ether oxygens (including phenoxy) is 1. The Morgan fingerprint density at radius 1 is 1.65 bits per heavy atom. The first-order chi connectivity index (χ1) is 8.16. The van der Waals surface area contributed by atoms with Crippen LogP contribution in [0.1, 0.15) is 12.8 Å². The Morgan fingerprint density at radius 3 is 3.12 bits per heavy atom. The van der Waals surface area contributed by atoms with Gasteiger partial charge >= 0.3 is 0 Å². The van der Waals surface area contributed by atoms with Crippen molar-refractivity contribution in [3.63, 3.8) is 0 Å². The predicted octanol–water partition coefficient (Wildman–Crippen LogP) is 3.36. The number of rotatable bonds is 3. The number of halogens is 2. The van der Waals surface area contributed by atoms with Crippen molar-refractivity contribution < 1.29 is 4.74 Å². The quantitative estimate of drug-likeness (QED) is 0.854. The fourth-order valence-electron chi connectivity index (χ4n) is 2.11. The van der Waals surface area contributed by atoms with Crippen LogP contribution in [0.15, 0.2) is 16.7 Å². The smallest absolute Gasteiger partial charge is 0.147 e. The number of pyridine rings is 1. The third kappa shape index (κ3) is 3.57. The largest absolute Gasteiger partial charge is 0.381 e. The Kier molecular flexibility index (Phi) is 4.65. The molecule has 3 nitrogen and oxygen atoms in total. The summed E-state index contributed by atoms with van der Waals surface area (Å²) in [6.45, 7) is 2.68. The van der Waals surface area contributed by atoms with Crippen LogP contribution in [-0.2, 0) is 4.74 Å². The summed E-state index contributed by atoms with van der Waals surface area (Å²) < 4.78 is 6.38. The van der Waals surface area contributed by atoms with E-state index in [2.05, 4.69) is 25.8 Å². The van der Waals surface area contributed by atoms with Gasteiger partial charge in [0.05, 0.1) is 11.6 Å². The number of anilines is 1. The second kappa shape index (κ2) is 6.03. The summed E-state index contributed by atoms with van der Waals surface area (Å²) in [5.74, 6) is 1.41. The van der Waals surface area contributed by atoms with Crippen LogP contribution in [0.4, 0.5) is 5.82 Å². The van der Waals surface area contributed by atoms with Crippen molar-refractivity contribution in [2.45, 2.75) is 12.8 Å². The van der Waals surface area contributed by atoms with Gasteiger partial charge in [-0.2, -0.15) is 0 Å². The van der Waals surface area contributed by atoms with Crippen LogP contribution in [0.3, 0.4) is 0 Å². The molecular weight excluding hydrogens is 304 g/mol. The van der Waals surface area contributed by atoms with Gasteiger partial charge in [-0.3, -0.25) is 0 Å². The van der Waals surface area contributed by atoms with E-state index in [-0.39, 0.29) is 0 Å². The zero-order valence-corrected chi connectivity index (χ0v) is 12.2. The third-order valence-corrected chi connectivity index (χ3v) is 3.65. The Bertz CT molecular complexity index is 383. The van der Waals surface area contributed by atoms with Crippen LogP contribution in [-0.4, -0.2) is 31.8 Å². The lowest BCUT2D eigenvalue weighted by Crippen LogP contribution is -2.31. The number of hydrogen-bond acceptors (Lipinski definition) is 3. The Labute approximate surface area is 115 Å². The van der Waals surface area contributed by atoms with Crippen molar-refractivity contribution in [2.24, 2.45) is 5.92 Å². The minimum absolute atomic E-state index is 0.579. The standard InChI is InChI=1S/C12H16BrClN2O/c1-16(7-9-3-2-4-17-8-9)12-11(14)5-10(13)6-15-12/h5-6,9H,2-4,7-8H2,1H3. The van der Waals surface area contributed by atoms with Crippen molar-refractivity contribution >= 4 is 33.3 Å². The highest BCUT2D eigenvalue weighted by molar-refractivity contribution is 9.10. The summed E-state index contributed by atoms with van der Waals surface area (Å²) in [5.41, 5.74) is 0. The maximum atomic E-state index is 6.18. The fraction of sp³-hybridized carbons (Fsp3) is 0.583. The topological polar surface area (TPSA) is 25.4 Å². The molecule has 1 aliphatic rings. The molecule has 2 rings (SSSR count). The van der Waals surface area contributed by atoms with Gasteiger partial charge in [0, 0.05) is 30.9 Å². The van der Waals surface area contributed by atoms with E-state index in [4.69, 9.17) is 16.3 Å². The molecule has 0 N–H and O–H groups in total. The van der Waals surface area contributed by atoms with Crippen LogP contribution in [0.5, 0.6) is 0 Å².